The molecule has 2 heterocycles. The molecular formula is C14H23N3O2S. The predicted octanol–water partition coefficient (Wildman–Crippen LogP) is 1.97. The Kier molecular flexibility index (Phi) is 5.12. The van der Waals surface area contributed by atoms with Crippen molar-refractivity contribution in [1.82, 2.24) is 9.88 Å². The van der Waals surface area contributed by atoms with E-state index in [0.29, 0.717) is 5.92 Å². The highest BCUT2D eigenvalue weighted by atomic mass is 32.1. The molecule has 1 unspecified atom stereocenters. The summed E-state index contributed by atoms with van der Waals surface area (Å²) in [7, 11) is 1.65. The van der Waals surface area contributed by atoms with Crippen molar-refractivity contribution in [2.45, 2.75) is 32.8 Å². The number of ether oxygens (including phenoxy) is 1. The van der Waals surface area contributed by atoms with Gasteiger partial charge in [-0.05, 0) is 39.2 Å². The number of carbonyl (C=O) groups excluding carboxylic acids is 1. The second-order valence-corrected chi connectivity index (χ2v) is 6.35. The first-order chi connectivity index (χ1) is 9.56. The second-order valence-electron chi connectivity index (χ2n) is 5.32. The number of aromatic nitrogens is 1. The number of likely N-dealkylation sites (tertiary alicyclic amines) is 1. The molecule has 6 heteroatoms. The van der Waals surface area contributed by atoms with Crippen LogP contribution in [0.2, 0.25) is 0 Å². The molecule has 1 aromatic rings. The average Bonchev–Trinajstić information content (AvgIpc) is 2.87. The largest absolute Gasteiger partial charge is 0.375 e. The van der Waals surface area contributed by atoms with E-state index in [1.165, 1.54) is 11.3 Å². The maximum atomic E-state index is 12.6. The highest BCUT2D eigenvalue weighted by Crippen LogP contribution is 2.27. The van der Waals surface area contributed by atoms with Crippen molar-refractivity contribution in [1.29, 1.82) is 0 Å². The van der Waals surface area contributed by atoms with Crippen molar-refractivity contribution in [3.63, 3.8) is 0 Å². The fourth-order valence-corrected chi connectivity index (χ4v) is 3.47. The van der Waals surface area contributed by atoms with Gasteiger partial charge in [0.05, 0.1) is 5.69 Å². The molecule has 2 rings (SSSR count). The fraction of sp³-hybridized carbons (Fsp3) is 0.714. The van der Waals surface area contributed by atoms with Gasteiger partial charge < -0.3 is 15.4 Å². The van der Waals surface area contributed by atoms with Gasteiger partial charge in [0, 0.05) is 20.2 Å². The molecule has 0 saturated carbocycles. The summed E-state index contributed by atoms with van der Waals surface area (Å²) in [6, 6.07) is 0. The lowest BCUT2D eigenvalue weighted by Crippen LogP contribution is -2.40. The lowest BCUT2D eigenvalue weighted by atomic mass is 9.97. The van der Waals surface area contributed by atoms with Gasteiger partial charge in [0.1, 0.15) is 16.0 Å². The van der Waals surface area contributed by atoms with Crippen molar-refractivity contribution in [3.8, 4) is 0 Å². The van der Waals surface area contributed by atoms with Crippen LogP contribution in [0.5, 0.6) is 0 Å². The molecule has 0 radical (unpaired) electrons. The van der Waals surface area contributed by atoms with E-state index < -0.39 is 0 Å². The van der Waals surface area contributed by atoms with Crippen LogP contribution in [0.25, 0.3) is 0 Å². The summed E-state index contributed by atoms with van der Waals surface area (Å²) in [5.41, 5.74) is 6.49. The monoisotopic (exact) mass is 297 g/mol. The van der Waals surface area contributed by atoms with Crippen molar-refractivity contribution < 1.29 is 9.53 Å². The van der Waals surface area contributed by atoms with Gasteiger partial charge in [0.2, 0.25) is 0 Å². The van der Waals surface area contributed by atoms with Crippen LogP contribution in [0.1, 0.15) is 46.2 Å². The molecule has 20 heavy (non-hydrogen) atoms. The standard InChI is InChI=1S/C14H23N3O2S/c1-9-12(20-13(16-9)10(2)19-3)14(18)17-6-4-11(8-15)5-7-17/h10-11H,4-8,15H2,1-3H3. The molecule has 0 aliphatic carbocycles. The molecule has 1 aliphatic heterocycles. The van der Waals surface area contributed by atoms with Crippen molar-refractivity contribution in [2.24, 2.45) is 11.7 Å². The molecule has 2 N–H and O–H groups in total. The lowest BCUT2D eigenvalue weighted by molar-refractivity contribution is 0.0697. The van der Waals surface area contributed by atoms with Gasteiger partial charge in [-0.15, -0.1) is 11.3 Å². The zero-order chi connectivity index (χ0) is 14.7. The Balaban J connectivity index is 2.08. The smallest absolute Gasteiger partial charge is 0.265 e. The summed E-state index contributed by atoms with van der Waals surface area (Å²) >= 11 is 1.45. The Hall–Kier alpha value is -0.980. The summed E-state index contributed by atoms with van der Waals surface area (Å²) in [5, 5.41) is 0.866. The number of hydrogen-bond donors (Lipinski definition) is 1. The number of carbonyl (C=O) groups is 1. The van der Waals surface area contributed by atoms with E-state index in [4.69, 9.17) is 10.5 Å². The number of methoxy groups -OCH3 is 1. The molecule has 1 atom stereocenters. The molecule has 0 spiro atoms. The maximum Gasteiger partial charge on any atom is 0.265 e. The van der Waals surface area contributed by atoms with Gasteiger partial charge in [-0.3, -0.25) is 4.79 Å². The van der Waals surface area contributed by atoms with E-state index >= 15 is 0 Å². The van der Waals surface area contributed by atoms with Crippen LogP contribution in [0, 0.1) is 12.8 Å². The predicted molar refractivity (Wildman–Crippen MR) is 80.0 cm³/mol. The van der Waals surface area contributed by atoms with E-state index in [1.54, 1.807) is 7.11 Å². The first-order valence-electron chi connectivity index (χ1n) is 7.06. The second kappa shape index (κ2) is 6.65. The molecule has 1 aromatic heterocycles. The maximum absolute atomic E-state index is 12.6. The Morgan fingerprint density at radius 1 is 1.55 bits per heavy atom. The van der Waals surface area contributed by atoms with Gasteiger partial charge in [-0.2, -0.15) is 0 Å². The molecule has 1 saturated heterocycles. The number of nitrogens with zero attached hydrogens (tertiary/aromatic N) is 2. The van der Waals surface area contributed by atoms with Gasteiger partial charge in [0.15, 0.2) is 0 Å². The third-order valence-corrected chi connectivity index (χ3v) is 5.25. The minimum Gasteiger partial charge on any atom is -0.375 e. The summed E-state index contributed by atoms with van der Waals surface area (Å²) < 4.78 is 5.27. The van der Waals surface area contributed by atoms with E-state index in [2.05, 4.69) is 4.98 Å². The Bertz CT molecular complexity index is 467. The third-order valence-electron chi connectivity index (χ3n) is 3.94. The Morgan fingerprint density at radius 3 is 2.75 bits per heavy atom. The number of hydrogen-bond acceptors (Lipinski definition) is 5. The summed E-state index contributed by atoms with van der Waals surface area (Å²) in [6.07, 6.45) is 1.94. The minimum atomic E-state index is -0.0665. The van der Waals surface area contributed by atoms with Crippen LogP contribution in [0.4, 0.5) is 0 Å². The molecule has 1 aliphatic rings. The first kappa shape index (κ1) is 15.4. The number of aryl methyl sites for hydroxylation is 1. The van der Waals surface area contributed by atoms with Gasteiger partial charge >= 0.3 is 0 Å². The zero-order valence-corrected chi connectivity index (χ0v) is 13.2. The highest BCUT2D eigenvalue weighted by Gasteiger charge is 2.26. The number of thiazole rings is 1. The number of amides is 1. The van der Waals surface area contributed by atoms with E-state index in [-0.39, 0.29) is 12.0 Å². The summed E-state index contributed by atoms with van der Waals surface area (Å²) in [6.45, 7) is 6.15. The number of piperidine rings is 1. The van der Waals surface area contributed by atoms with E-state index in [9.17, 15) is 4.79 Å². The molecule has 0 aromatic carbocycles. The van der Waals surface area contributed by atoms with Gasteiger partial charge in [-0.25, -0.2) is 4.98 Å². The van der Waals surface area contributed by atoms with Crippen LogP contribution >= 0.6 is 11.3 Å². The first-order valence-corrected chi connectivity index (χ1v) is 7.88. The van der Waals surface area contributed by atoms with Crippen molar-refractivity contribution >= 4 is 17.2 Å². The number of rotatable bonds is 4. The molecule has 5 nitrogen and oxygen atoms in total. The van der Waals surface area contributed by atoms with Crippen LogP contribution < -0.4 is 5.73 Å². The summed E-state index contributed by atoms with van der Waals surface area (Å²) in [4.78, 5) is 19.7. The third kappa shape index (κ3) is 3.19. The zero-order valence-electron chi connectivity index (χ0n) is 12.4. The Morgan fingerprint density at radius 2 is 2.20 bits per heavy atom. The topological polar surface area (TPSA) is 68.5 Å². The average molecular weight is 297 g/mol. The van der Waals surface area contributed by atoms with E-state index in [0.717, 1.165) is 48.1 Å². The van der Waals surface area contributed by atoms with Gasteiger partial charge in [0.25, 0.3) is 5.91 Å². The van der Waals surface area contributed by atoms with E-state index in [1.807, 2.05) is 18.7 Å². The molecule has 1 amide bonds. The van der Waals surface area contributed by atoms with Crippen LogP contribution in [0.3, 0.4) is 0 Å². The van der Waals surface area contributed by atoms with Crippen molar-refractivity contribution in [2.75, 3.05) is 26.7 Å². The molecular weight excluding hydrogens is 274 g/mol. The molecule has 1 fully saturated rings. The van der Waals surface area contributed by atoms with Crippen LogP contribution in [-0.4, -0.2) is 42.5 Å². The quantitative estimate of drug-likeness (QED) is 0.922. The fourth-order valence-electron chi connectivity index (χ4n) is 2.41. The normalized spacial score (nSPS) is 18.3. The SMILES string of the molecule is COC(C)c1nc(C)c(C(=O)N2CCC(CN)CC2)s1. The lowest BCUT2D eigenvalue weighted by Gasteiger charge is -2.31. The van der Waals surface area contributed by atoms with Crippen molar-refractivity contribution in [3.05, 3.63) is 15.6 Å². The van der Waals surface area contributed by atoms with Crippen LogP contribution in [0.15, 0.2) is 0 Å². The summed E-state index contributed by atoms with van der Waals surface area (Å²) in [5.74, 6) is 0.663. The highest BCUT2D eigenvalue weighted by molar-refractivity contribution is 7.13. The number of nitrogens with two attached hydrogens (primary N) is 1. The van der Waals surface area contributed by atoms with Gasteiger partial charge in [-0.1, -0.05) is 0 Å². The minimum absolute atomic E-state index is 0.0665. The van der Waals surface area contributed by atoms with Crippen LogP contribution in [-0.2, 0) is 4.74 Å². The molecule has 0 bridgehead atoms. The Labute approximate surface area is 124 Å². The molecule has 112 valence electrons.